The number of aromatic nitrogens is 2. The molecule has 1 aliphatic heterocycles. The summed E-state index contributed by atoms with van der Waals surface area (Å²) < 4.78 is 0. The average Bonchev–Trinajstić information content (AvgIpc) is 2.69. The molecule has 3 N–H and O–H groups in total. The fourth-order valence-electron chi connectivity index (χ4n) is 2.10. The van der Waals surface area contributed by atoms with Crippen LogP contribution >= 0.6 is 11.3 Å². The Labute approximate surface area is 103 Å². The van der Waals surface area contributed by atoms with E-state index in [0.29, 0.717) is 5.13 Å². The van der Waals surface area contributed by atoms with Gasteiger partial charge >= 0.3 is 0 Å². The van der Waals surface area contributed by atoms with Gasteiger partial charge in [-0.3, -0.25) is 0 Å². The van der Waals surface area contributed by atoms with Crippen molar-refractivity contribution in [2.75, 3.05) is 23.7 Å². The zero-order valence-electron chi connectivity index (χ0n) is 9.33. The summed E-state index contributed by atoms with van der Waals surface area (Å²) in [5, 5.41) is 10.0. The maximum absolute atomic E-state index is 9.48. The summed E-state index contributed by atoms with van der Waals surface area (Å²) in [6.45, 7) is 1.71. The summed E-state index contributed by atoms with van der Waals surface area (Å²) in [4.78, 5) is 11.8. The van der Waals surface area contributed by atoms with Crippen LogP contribution in [0.3, 0.4) is 0 Å². The number of rotatable bonds is 1. The molecular weight excluding hydrogens is 236 g/mol. The van der Waals surface area contributed by atoms with Gasteiger partial charge in [0.15, 0.2) is 5.13 Å². The zero-order valence-corrected chi connectivity index (χ0v) is 10.2. The number of fused-ring (bicyclic) bond motifs is 1. The number of hydrogen-bond donors (Lipinski definition) is 2. The van der Waals surface area contributed by atoms with Crippen molar-refractivity contribution >= 4 is 32.6 Å². The van der Waals surface area contributed by atoms with Gasteiger partial charge in [-0.2, -0.15) is 0 Å². The Hall–Kier alpha value is -1.40. The molecule has 1 fully saturated rings. The highest BCUT2D eigenvalue weighted by Gasteiger charge is 2.18. The van der Waals surface area contributed by atoms with Crippen LogP contribution in [0.15, 0.2) is 12.1 Å². The molecule has 0 aromatic carbocycles. The molecule has 90 valence electrons. The molecule has 0 amide bonds. The van der Waals surface area contributed by atoms with Gasteiger partial charge in [-0.15, -0.1) is 0 Å². The molecular formula is C11H14N4OS. The van der Waals surface area contributed by atoms with E-state index < -0.39 is 0 Å². The quantitative estimate of drug-likeness (QED) is 0.796. The van der Waals surface area contributed by atoms with E-state index in [1.807, 2.05) is 12.1 Å². The third-order valence-electron chi connectivity index (χ3n) is 3.05. The first kappa shape index (κ1) is 10.7. The van der Waals surface area contributed by atoms with E-state index in [9.17, 15) is 5.11 Å². The first-order valence-electron chi connectivity index (χ1n) is 5.68. The number of nitrogens with zero attached hydrogens (tertiary/aromatic N) is 3. The summed E-state index contributed by atoms with van der Waals surface area (Å²) >= 11 is 1.41. The Kier molecular flexibility index (Phi) is 2.60. The van der Waals surface area contributed by atoms with Crippen LogP contribution in [0.5, 0.6) is 0 Å². The summed E-state index contributed by atoms with van der Waals surface area (Å²) in [6.07, 6.45) is 1.46. The number of aliphatic hydroxyl groups is 1. The van der Waals surface area contributed by atoms with E-state index in [1.165, 1.54) is 11.3 Å². The predicted octanol–water partition coefficient (Wildman–Crippen LogP) is 1.23. The molecule has 0 spiro atoms. The number of pyridine rings is 1. The van der Waals surface area contributed by atoms with Gasteiger partial charge in [0.25, 0.3) is 0 Å². The highest BCUT2D eigenvalue weighted by molar-refractivity contribution is 7.21. The van der Waals surface area contributed by atoms with E-state index in [4.69, 9.17) is 5.73 Å². The first-order valence-corrected chi connectivity index (χ1v) is 6.50. The van der Waals surface area contributed by atoms with Crippen molar-refractivity contribution in [3.8, 4) is 0 Å². The van der Waals surface area contributed by atoms with Crippen molar-refractivity contribution in [2.24, 2.45) is 0 Å². The number of hydrogen-bond acceptors (Lipinski definition) is 6. The minimum atomic E-state index is -0.158. The van der Waals surface area contributed by atoms with Crippen molar-refractivity contribution in [1.29, 1.82) is 0 Å². The summed E-state index contributed by atoms with van der Waals surface area (Å²) in [5.41, 5.74) is 6.51. The lowest BCUT2D eigenvalue weighted by atomic mass is 10.1. The van der Waals surface area contributed by atoms with Crippen LogP contribution in [0.1, 0.15) is 12.8 Å². The van der Waals surface area contributed by atoms with E-state index in [-0.39, 0.29) is 6.10 Å². The Morgan fingerprint density at radius 3 is 2.82 bits per heavy atom. The first-order chi connectivity index (χ1) is 8.22. The van der Waals surface area contributed by atoms with Crippen molar-refractivity contribution in [1.82, 2.24) is 9.97 Å². The molecule has 3 heterocycles. The van der Waals surface area contributed by atoms with Crippen molar-refractivity contribution < 1.29 is 5.11 Å². The number of aliphatic hydroxyl groups excluding tert-OH is 1. The molecule has 0 atom stereocenters. The van der Waals surface area contributed by atoms with Gasteiger partial charge in [0.05, 0.1) is 6.10 Å². The van der Waals surface area contributed by atoms with E-state index in [2.05, 4.69) is 14.9 Å². The molecule has 0 unspecified atom stereocenters. The topological polar surface area (TPSA) is 75.3 Å². The highest BCUT2D eigenvalue weighted by Crippen LogP contribution is 2.26. The predicted molar refractivity (Wildman–Crippen MR) is 69.3 cm³/mol. The summed E-state index contributed by atoms with van der Waals surface area (Å²) in [5.74, 6) is 0.952. The summed E-state index contributed by atoms with van der Waals surface area (Å²) in [6, 6.07) is 3.93. The lowest BCUT2D eigenvalue weighted by molar-refractivity contribution is 0.145. The van der Waals surface area contributed by atoms with Gasteiger partial charge in [0.1, 0.15) is 16.2 Å². The Morgan fingerprint density at radius 2 is 2.06 bits per heavy atom. The minimum Gasteiger partial charge on any atom is -0.393 e. The monoisotopic (exact) mass is 250 g/mol. The Bertz CT molecular complexity index is 533. The Balaban J connectivity index is 1.89. The number of nitrogens with two attached hydrogens (primary N) is 1. The van der Waals surface area contributed by atoms with Crippen LogP contribution in [0, 0.1) is 0 Å². The lowest BCUT2D eigenvalue weighted by Crippen LogP contribution is -2.36. The second-order valence-corrected chi connectivity index (χ2v) is 5.27. The zero-order chi connectivity index (χ0) is 11.8. The maximum atomic E-state index is 9.48. The SMILES string of the molecule is Nc1nc2ccc(N3CCC(O)CC3)nc2s1. The fraction of sp³-hybridized carbons (Fsp3) is 0.455. The largest absolute Gasteiger partial charge is 0.393 e. The molecule has 1 saturated heterocycles. The molecule has 5 nitrogen and oxygen atoms in total. The van der Waals surface area contributed by atoms with Gasteiger partial charge in [0, 0.05) is 13.1 Å². The van der Waals surface area contributed by atoms with Gasteiger partial charge in [-0.25, -0.2) is 9.97 Å². The molecule has 17 heavy (non-hydrogen) atoms. The standard InChI is InChI=1S/C11H14N4OS/c12-11-13-8-1-2-9(14-10(8)17-11)15-5-3-7(16)4-6-15/h1-2,7,16H,3-6H2,(H2,12,13). The van der Waals surface area contributed by atoms with Crippen molar-refractivity contribution in [3.63, 3.8) is 0 Å². The molecule has 1 aliphatic rings. The molecule has 3 rings (SSSR count). The molecule has 2 aromatic heterocycles. The van der Waals surface area contributed by atoms with Gasteiger partial charge in [-0.1, -0.05) is 11.3 Å². The number of piperidine rings is 1. The molecule has 0 bridgehead atoms. The van der Waals surface area contributed by atoms with Crippen LogP contribution in [0.2, 0.25) is 0 Å². The van der Waals surface area contributed by atoms with Crippen molar-refractivity contribution in [2.45, 2.75) is 18.9 Å². The van der Waals surface area contributed by atoms with E-state index >= 15 is 0 Å². The molecule has 2 aromatic rings. The van der Waals surface area contributed by atoms with Gasteiger partial charge in [-0.05, 0) is 25.0 Å². The third-order valence-corrected chi connectivity index (χ3v) is 3.84. The van der Waals surface area contributed by atoms with E-state index in [1.54, 1.807) is 0 Å². The third kappa shape index (κ3) is 2.05. The average molecular weight is 250 g/mol. The molecule has 0 radical (unpaired) electrons. The molecule has 0 aliphatic carbocycles. The lowest BCUT2D eigenvalue weighted by Gasteiger charge is -2.30. The number of anilines is 2. The smallest absolute Gasteiger partial charge is 0.182 e. The van der Waals surface area contributed by atoms with Crippen LogP contribution in [-0.2, 0) is 0 Å². The van der Waals surface area contributed by atoms with Crippen LogP contribution < -0.4 is 10.6 Å². The fourth-order valence-corrected chi connectivity index (χ4v) is 2.79. The van der Waals surface area contributed by atoms with Gasteiger partial charge in [0.2, 0.25) is 0 Å². The van der Waals surface area contributed by atoms with E-state index in [0.717, 1.165) is 42.1 Å². The van der Waals surface area contributed by atoms with Crippen molar-refractivity contribution in [3.05, 3.63) is 12.1 Å². The van der Waals surface area contributed by atoms with Crippen LogP contribution in [0.4, 0.5) is 10.9 Å². The van der Waals surface area contributed by atoms with Crippen LogP contribution in [0.25, 0.3) is 10.3 Å². The van der Waals surface area contributed by atoms with Gasteiger partial charge < -0.3 is 15.7 Å². The second-order valence-electron chi connectivity index (χ2n) is 4.26. The number of thiazole rings is 1. The molecule has 0 saturated carbocycles. The Morgan fingerprint density at radius 1 is 1.29 bits per heavy atom. The normalized spacial score (nSPS) is 17.8. The minimum absolute atomic E-state index is 0.158. The summed E-state index contributed by atoms with van der Waals surface area (Å²) in [7, 11) is 0. The highest BCUT2D eigenvalue weighted by atomic mass is 32.1. The maximum Gasteiger partial charge on any atom is 0.182 e. The van der Waals surface area contributed by atoms with Crippen LogP contribution in [-0.4, -0.2) is 34.3 Å². The molecule has 6 heteroatoms. The number of nitrogen functional groups attached to an aromatic ring is 1. The second kappa shape index (κ2) is 4.12.